The summed E-state index contributed by atoms with van der Waals surface area (Å²) in [6, 6.07) is 23.2. The van der Waals surface area contributed by atoms with E-state index in [1.54, 1.807) is 59.4 Å². The van der Waals surface area contributed by atoms with E-state index in [-0.39, 0.29) is 24.8 Å². The molecule has 0 fully saturated rings. The van der Waals surface area contributed by atoms with Crippen molar-refractivity contribution in [3.8, 4) is 17.2 Å². The zero-order valence-corrected chi connectivity index (χ0v) is 19.3. The normalized spacial score (nSPS) is 11.6. The number of aliphatic hydroxyl groups is 1. The lowest BCUT2D eigenvalue weighted by Crippen LogP contribution is -2.25. The van der Waals surface area contributed by atoms with E-state index < -0.39 is 6.10 Å². The molecular formula is C28H26N2O5. The van der Waals surface area contributed by atoms with Crippen LogP contribution in [0.5, 0.6) is 11.5 Å². The van der Waals surface area contributed by atoms with Gasteiger partial charge in [-0.1, -0.05) is 37.3 Å². The van der Waals surface area contributed by atoms with Gasteiger partial charge in [0, 0.05) is 18.2 Å². The number of ketones is 2. The standard InChI is InChI=1S/C28H26N2O5/c1-2-26(32)20-12-14-24(15-13-20)34-18-23(31)19-35-27-11-7-6-10-25(27)28(33)21-16-29-30(17-21)22-8-4-3-5-9-22/h3-17,23,31H,2,18-19H2,1H3. The summed E-state index contributed by atoms with van der Waals surface area (Å²) in [4.78, 5) is 24.8. The van der Waals surface area contributed by atoms with Crippen LogP contribution in [0.25, 0.3) is 5.69 Å². The second-order valence-electron chi connectivity index (χ2n) is 7.91. The van der Waals surface area contributed by atoms with Gasteiger partial charge in [-0.2, -0.15) is 5.10 Å². The molecule has 0 saturated carbocycles. The second-order valence-corrected chi connectivity index (χ2v) is 7.91. The molecule has 4 aromatic rings. The molecule has 1 N–H and O–H groups in total. The van der Waals surface area contributed by atoms with Crippen molar-refractivity contribution in [2.45, 2.75) is 19.4 Å². The highest BCUT2D eigenvalue weighted by Crippen LogP contribution is 2.22. The molecule has 0 aliphatic carbocycles. The first-order chi connectivity index (χ1) is 17.0. The molecule has 35 heavy (non-hydrogen) atoms. The highest BCUT2D eigenvalue weighted by molar-refractivity contribution is 6.10. The van der Waals surface area contributed by atoms with Crippen molar-refractivity contribution in [3.63, 3.8) is 0 Å². The molecule has 7 nitrogen and oxygen atoms in total. The Morgan fingerprint density at radius 3 is 2.31 bits per heavy atom. The van der Waals surface area contributed by atoms with Crippen LogP contribution in [0.3, 0.4) is 0 Å². The monoisotopic (exact) mass is 470 g/mol. The largest absolute Gasteiger partial charge is 0.491 e. The van der Waals surface area contributed by atoms with Gasteiger partial charge in [0.1, 0.15) is 30.8 Å². The number of benzene rings is 3. The Labute approximate surface area is 203 Å². The van der Waals surface area contributed by atoms with Crippen LogP contribution >= 0.6 is 0 Å². The minimum absolute atomic E-state index is 0.00102. The molecule has 1 unspecified atom stereocenters. The maximum Gasteiger partial charge on any atom is 0.199 e. The lowest BCUT2D eigenvalue weighted by atomic mass is 10.1. The first-order valence-electron chi connectivity index (χ1n) is 11.4. The number of nitrogens with zero attached hydrogens (tertiary/aromatic N) is 2. The minimum Gasteiger partial charge on any atom is -0.491 e. The smallest absolute Gasteiger partial charge is 0.199 e. The summed E-state index contributed by atoms with van der Waals surface area (Å²) in [6.45, 7) is 1.76. The molecule has 4 rings (SSSR count). The maximum atomic E-state index is 13.1. The van der Waals surface area contributed by atoms with Crippen molar-refractivity contribution < 1.29 is 24.2 Å². The summed E-state index contributed by atoms with van der Waals surface area (Å²) < 4.78 is 13.0. The number of carbonyl (C=O) groups excluding carboxylic acids is 2. The van der Waals surface area contributed by atoms with E-state index in [1.165, 1.54) is 6.20 Å². The number of ether oxygens (including phenoxy) is 2. The summed E-state index contributed by atoms with van der Waals surface area (Å²) in [7, 11) is 0. The van der Waals surface area contributed by atoms with E-state index in [1.807, 2.05) is 37.3 Å². The molecule has 0 bridgehead atoms. The van der Waals surface area contributed by atoms with Gasteiger partial charge in [-0.3, -0.25) is 9.59 Å². The minimum atomic E-state index is -0.920. The molecule has 0 aliphatic heterocycles. The van der Waals surface area contributed by atoms with Crippen LogP contribution in [0, 0.1) is 0 Å². The second kappa shape index (κ2) is 11.3. The molecule has 0 amide bonds. The third-order valence-electron chi connectivity index (χ3n) is 5.37. The van der Waals surface area contributed by atoms with Gasteiger partial charge in [-0.15, -0.1) is 0 Å². The van der Waals surface area contributed by atoms with Crippen molar-refractivity contribution in [2.75, 3.05) is 13.2 Å². The molecule has 0 spiro atoms. The summed E-state index contributed by atoms with van der Waals surface area (Å²) in [5.74, 6) is 0.745. The molecule has 0 radical (unpaired) electrons. The molecule has 1 aromatic heterocycles. The number of hydrogen-bond acceptors (Lipinski definition) is 6. The number of para-hydroxylation sites is 2. The van der Waals surface area contributed by atoms with Crippen molar-refractivity contribution in [3.05, 3.63) is 108 Å². The van der Waals surface area contributed by atoms with E-state index in [0.29, 0.717) is 34.6 Å². The van der Waals surface area contributed by atoms with Crippen LogP contribution in [-0.2, 0) is 0 Å². The van der Waals surface area contributed by atoms with Crippen LogP contribution < -0.4 is 9.47 Å². The Bertz CT molecular complexity index is 1280. The number of rotatable bonds is 11. The van der Waals surface area contributed by atoms with E-state index >= 15 is 0 Å². The van der Waals surface area contributed by atoms with Gasteiger partial charge in [0.2, 0.25) is 0 Å². The molecule has 3 aromatic carbocycles. The van der Waals surface area contributed by atoms with Crippen molar-refractivity contribution in [1.29, 1.82) is 0 Å². The van der Waals surface area contributed by atoms with Crippen molar-refractivity contribution >= 4 is 11.6 Å². The number of Topliss-reactive ketones (excluding diaryl/α,β-unsaturated/α-hetero) is 1. The highest BCUT2D eigenvalue weighted by atomic mass is 16.5. The number of aromatic nitrogens is 2. The molecule has 178 valence electrons. The molecule has 1 heterocycles. The van der Waals surface area contributed by atoms with E-state index in [9.17, 15) is 14.7 Å². The Hall–Kier alpha value is -4.23. The topological polar surface area (TPSA) is 90.7 Å². The quantitative estimate of drug-likeness (QED) is 0.324. The predicted molar refractivity (Wildman–Crippen MR) is 131 cm³/mol. The van der Waals surface area contributed by atoms with Gasteiger partial charge >= 0.3 is 0 Å². The Balaban J connectivity index is 1.36. The number of aliphatic hydroxyl groups excluding tert-OH is 1. The lowest BCUT2D eigenvalue weighted by Gasteiger charge is -2.15. The fourth-order valence-corrected chi connectivity index (χ4v) is 3.47. The third kappa shape index (κ3) is 6.02. The summed E-state index contributed by atoms with van der Waals surface area (Å²) >= 11 is 0. The van der Waals surface area contributed by atoms with E-state index in [4.69, 9.17) is 9.47 Å². The third-order valence-corrected chi connectivity index (χ3v) is 5.37. The first kappa shape index (κ1) is 23.9. The van der Waals surface area contributed by atoms with Crippen molar-refractivity contribution in [2.24, 2.45) is 0 Å². The number of carbonyl (C=O) groups is 2. The zero-order chi connectivity index (χ0) is 24.6. The Kier molecular flexibility index (Phi) is 7.70. The van der Waals surface area contributed by atoms with Gasteiger partial charge in [-0.25, -0.2) is 4.68 Å². The van der Waals surface area contributed by atoms with E-state index in [0.717, 1.165) is 5.69 Å². The lowest BCUT2D eigenvalue weighted by molar-refractivity contribution is 0.0621. The molecule has 1 atom stereocenters. The van der Waals surface area contributed by atoms with E-state index in [2.05, 4.69) is 5.10 Å². The first-order valence-corrected chi connectivity index (χ1v) is 11.4. The molecule has 0 aliphatic rings. The van der Waals surface area contributed by atoms with Crippen LogP contribution in [0.2, 0.25) is 0 Å². The summed E-state index contributed by atoms with van der Waals surface area (Å²) in [6.07, 6.45) is 2.72. The summed E-state index contributed by atoms with van der Waals surface area (Å²) in [5.41, 5.74) is 2.29. The zero-order valence-electron chi connectivity index (χ0n) is 19.3. The molecular weight excluding hydrogens is 444 g/mol. The SMILES string of the molecule is CCC(=O)c1ccc(OCC(O)COc2ccccc2C(=O)c2cnn(-c3ccccc3)c2)cc1. The van der Waals surface area contributed by atoms with Crippen LogP contribution in [-0.4, -0.2) is 45.8 Å². The van der Waals surface area contributed by atoms with Gasteiger partial charge < -0.3 is 14.6 Å². The van der Waals surface area contributed by atoms with Gasteiger partial charge in [0.25, 0.3) is 0 Å². The maximum absolute atomic E-state index is 13.1. The predicted octanol–water partition coefficient (Wildman–Crippen LogP) is 4.51. The fraction of sp³-hybridized carbons (Fsp3) is 0.179. The van der Waals surface area contributed by atoms with Gasteiger partial charge in [0.05, 0.1) is 23.0 Å². The summed E-state index contributed by atoms with van der Waals surface area (Å²) in [5, 5.41) is 14.6. The fourth-order valence-electron chi connectivity index (χ4n) is 3.47. The average Bonchev–Trinajstić information content (AvgIpc) is 3.41. The van der Waals surface area contributed by atoms with Gasteiger partial charge in [0.15, 0.2) is 11.6 Å². The van der Waals surface area contributed by atoms with Gasteiger partial charge in [-0.05, 0) is 48.5 Å². The van der Waals surface area contributed by atoms with Crippen LogP contribution in [0.15, 0.2) is 91.3 Å². The molecule has 7 heteroatoms. The Morgan fingerprint density at radius 1 is 0.886 bits per heavy atom. The van der Waals surface area contributed by atoms with Crippen molar-refractivity contribution in [1.82, 2.24) is 9.78 Å². The molecule has 0 saturated heterocycles. The number of hydrogen-bond donors (Lipinski definition) is 1. The average molecular weight is 471 g/mol. The Morgan fingerprint density at radius 2 is 1.57 bits per heavy atom. The van der Waals surface area contributed by atoms with Crippen LogP contribution in [0.1, 0.15) is 39.6 Å². The highest BCUT2D eigenvalue weighted by Gasteiger charge is 2.18. The van der Waals surface area contributed by atoms with Crippen LogP contribution in [0.4, 0.5) is 0 Å².